The fraction of sp³-hybridized carbons (Fsp3) is 0.571. The number of halogens is 3. The van der Waals surface area contributed by atoms with Crippen molar-refractivity contribution in [1.82, 2.24) is 16.0 Å². The molecular formula is C14H20F3N3O2S. The molecule has 1 rings (SSSR count). The van der Waals surface area contributed by atoms with Gasteiger partial charge in [-0.1, -0.05) is 26.8 Å². The highest BCUT2D eigenvalue weighted by Gasteiger charge is 2.29. The van der Waals surface area contributed by atoms with Gasteiger partial charge in [0, 0.05) is 10.9 Å². The summed E-state index contributed by atoms with van der Waals surface area (Å²) in [5.41, 5.74) is -0.177. The molecule has 0 radical (unpaired) electrons. The number of nitrogens with one attached hydrogen (secondary N) is 3. The summed E-state index contributed by atoms with van der Waals surface area (Å²) < 4.78 is 35.9. The van der Waals surface area contributed by atoms with Crippen LogP contribution in [0.2, 0.25) is 0 Å². The summed E-state index contributed by atoms with van der Waals surface area (Å²) in [6.07, 6.45) is -4.52. The zero-order chi connectivity index (χ0) is 17.7. The van der Waals surface area contributed by atoms with E-state index in [4.69, 9.17) is 0 Å². The number of imide groups is 1. The first-order valence-electron chi connectivity index (χ1n) is 6.90. The van der Waals surface area contributed by atoms with E-state index in [-0.39, 0.29) is 18.0 Å². The third-order valence-electron chi connectivity index (χ3n) is 2.86. The van der Waals surface area contributed by atoms with Crippen LogP contribution < -0.4 is 16.0 Å². The van der Waals surface area contributed by atoms with E-state index in [1.54, 1.807) is 5.32 Å². The van der Waals surface area contributed by atoms with Crippen LogP contribution in [0.25, 0.3) is 0 Å². The minimum Gasteiger partial charge on any atom is -0.329 e. The minimum absolute atomic E-state index is 0.119. The number of thiophene rings is 1. The monoisotopic (exact) mass is 351 g/mol. The quantitative estimate of drug-likeness (QED) is 0.764. The molecule has 9 heteroatoms. The van der Waals surface area contributed by atoms with Crippen LogP contribution in [0.1, 0.15) is 31.7 Å². The van der Waals surface area contributed by atoms with E-state index in [1.165, 1.54) is 11.3 Å². The molecule has 1 heterocycles. The molecule has 23 heavy (non-hydrogen) atoms. The molecule has 0 bridgehead atoms. The van der Waals surface area contributed by atoms with Gasteiger partial charge in [0.15, 0.2) is 0 Å². The van der Waals surface area contributed by atoms with Gasteiger partial charge < -0.3 is 10.6 Å². The average Bonchev–Trinajstić information content (AvgIpc) is 2.87. The van der Waals surface area contributed by atoms with Crippen LogP contribution in [0, 0.1) is 5.41 Å². The van der Waals surface area contributed by atoms with Crippen molar-refractivity contribution >= 4 is 23.3 Å². The first-order valence-corrected chi connectivity index (χ1v) is 7.78. The zero-order valence-electron chi connectivity index (χ0n) is 13.1. The number of carbonyl (C=O) groups excluding carboxylic acids is 2. The maximum atomic E-state index is 12.0. The highest BCUT2D eigenvalue weighted by molar-refractivity contribution is 7.10. The predicted molar refractivity (Wildman–Crippen MR) is 82.1 cm³/mol. The van der Waals surface area contributed by atoms with Crippen molar-refractivity contribution in [2.45, 2.75) is 33.0 Å². The van der Waals surface area contributed by atoms with Gasteiger partial charge in [0.1, 0.15) is 6.54 Å². The van der Waals surface area contributed by atoms with Crippen molar-refractivity contribution in [1.29, 1.82) is 0 Å². The van der Waals surface area contributed by atoms with Gasteiger partial charge in [0.25, 0.3) is 0 Å². The molecule has 1 aromatic rings. The average molecular weight is 351 g/mol. The smallest absolute Gasteiger partial charge is 0.329 e. The molecule has 0 spiro atoms. The molecule has 0 aromatic carbocycles. The Morgan fingerprint density at radius 1 is 1.26 bits per heavy atom. The summed E-state index contributed by atoms with van der Waals surface area (Å²) in [6.45, 7) is 4.33. The Balaban J connectivity index is 2.49. The number of alkyl halides is 3. The van der Waals surface area contributed by atoms with Crippen LogP contribution in [0.3, 0.4) is 0 Å². The largest absolute Gasteiger partial charge is 0.405 e. The fourth-order valence-corrected chi connectivity index (χ4v) is 2.92. The number of carbonyl (C=O) groups is 2. The molecule has 0 aliphatic heterocycles. The Morgan fingerprint density at radius 2 is 1.91 bits per heavy atom. The van der Waals surface area contributed by atoms with Crippen molar-refractivity contribution in [3.8, 4) is 0 Å². The summed E-state index contributed by atoms with van der Waals surface area (Å²) in [7, 11) is 0. The van der Waals surface area contributed by atoms with Gasteiger partial charge in [-0.25, -0.2) is 4.79 Å². The highest BCUT2D eigenvalue weighted by atomic mass is 32.1. The third kappa shape index (κ3) is 7.47. The van der Waals surface area contributed by atoms with Crippen LogP contribution in [-0.4, -0.2) is 31.2 Å². The molecular weight excluding hydrogens is 331 g/mol. The molecule has 5 nitrogen and oxygen atoms in total. The van der Waals surface area contributed by atoms with Crippen LogP contribution >= 0.6 is 11.3 Å². The molecule has 3 N–H and O–H groups in total. The Hall–Kier alpha value is -1.61. The van der Waals surface area contributed by atoms with E-state index >= 15 is 0 Å². The lowest BCUT2D eigenvalue weighted by Crippen LogP contribution is -2.47. The normalized spacial score (nSPS) is 13.5. The van der Waals surface area contributed by atoms with Crippen molar-refractivity contribution in [3.05, 3.63) is 22.4 Å². The Labute approximate surface area is 136 Å². The first-order chi connectivity index (χ1) is 10.5. The Kier molecular flexibility index (Phi) is 6.57. The van der Waals surface area contributed by atoms with Crippen molar-refractivity contribution in [2.75, 3.05) is 13.1 Å². The van der Waals surface area contributed by atoms with E-state index in [1.807, 2.05) is 43.6 Å². The van der Waals surface area contributed by atoms with Crippen molar-refractivity contribution < 1.29 is 22.8 Å². The number of rotatable bonds is 5. The summed E-state index contributed by atoms with van der Waals surface area (Å²) in [5, 5.41) is 8.39. The van der Waals surface area contributed by atoms with Crippen molar-refractivity contribution in [2.24, 2.45) is 5.41 Å². The maximum Gasteiger partial charge on any atom is 0.405 e. The van der Waals surface area contributed by atoms with E-state index in [0.29, 0.717) is 0 Å². The Bertz CT molecular complexity index is 524. The van der Waals surface area contributed by atoms with E-state index in [2.05, 4.69) is 5.32 Å². The molecule has 0 saturated carbocycles. The number of hydrogen-bond acceptors (Lipinski definition) is 4. The van der Waals surface area contributed by atoms with Crippen molar-refractivity contribution in [3.63, 3.8) is 0 Å². The van der Waals surface area contributed by atoms with Gasteiger partial charge in [-0.05, 0) is 16.9 Å². The van der Waals surface area contributed by atoms with Gasteiger partial charge in [-0.3, -0.25) is 10.1 Å². The number of urea groups is 1. The molecule has 0 saturated heterocycles. The van der Waals surface area contributed by atoms with Gasteiger partial charge in [-0.2, -0.15) is 13.2 Å². The standard InChI is InChI=1S/C14H20F3N3O2S/c1-13(2,3)11(9-5-4-6-23-9)18-7-10(21)20-12(22)19-8-14(15,16)17/h4-6,11,18H,7-8H2,1-3H3,(H2,19,20,21,22). The second kappa shape index (κ2) is 7.78. The summed E-state index contributed by atoms with van der Waals surface area (Å²) >= 11 is 1.54. The van der Waals surface area contributed by atoms with Crippen LogP contribution in [0.15, 0.2) is 17.5 Å². The summed E-state index contributed by atoms with van der Waals surface area (Å²) in [4.78, 5) is 23.9. The highest BCUT2D eigenvalue weighted by Crippen LogP contribution is 2.34. The molecule has 1 atom stereocenters. The second-order valence-electron chi connectivity index (χ2n) is 6.04. The topological polar surface area (TPSA) is 70.2 Å². The Morgan fingerprint density at radius 3 is 2.39 bits per heavy atom. The summed E-state index contributed by atoms with van der Waals surface area (Å²) in [6, 6.07) is 2.54. The lowest BCUT2D eigenvalue weighted by atomic mass is 9.86. The molecule has 1 unspecified atom stereocenters. The van der Waals surface area contributed by atoms with Gasteiger partial charge in [0.2, 0.25) is 5.91 Å². The third-order valence-corrected chi connectivity index (χ3v) is 3.80. The minimum atomic E-state index is -4.52. The molecule has 3 amide bonds. The fourth-order valence-electron chi connectivity index (χ4n) is 1.88. The molecule has 0 aliphatic rings. The molecule has 0 fully saturated rings. The van der Waals surface area contributed by atoms with Crippen LogP contribution in [0.5, 0.6) is 0 Å². The lowest BCUT2D eigenvalue weighted by molar-refractivity contribution is -0.124. The second-order valence-corrected chi connectivity index (χ2v) is 7.02. The maximum absolute atomic E-state index is 12.0. The lowest BCUT2D eigenvalue weighted by Gasteiger charge is -2.30. The van der Waals surface area contributed by atoms with E-state index in [9.17, 15) is 22.8 Å². The number of hydrogen-bond donors (Lipinski definition) is 3. The predicted octanol–water partition coefficient (Wildman–Crippen LogP) is 2.81. The SMILES string of the molecule is CC(C)(C)C(NCC(=O)NC(=O)NCC(F)(F)F)c1cccs1. The first kappa shape index (κ1) is 19.4. The number of amides is 3. The van der Waals surface area contributed by atoms with Gasteiger partial charge in [0.05, 0.1) is 6.54 Å². The van der Waals surface area contributed by atoms with E-state index in [0.717, 1.165) is 4.88 Å². The zero-order valence-corrected chi connectivity index (χ0v) is 13.9. The van der Waals surface area contributed by atoms with Gasteiger partial charge >= 0.3 is 12.2 Å². The molecule has 0 aliphatic carbocycles. The van der Waals surface area contributed by atoms with Gasteiger partial charge in [-0.15, -0.1) is 11.3 Å². The summed E-state index contributed by atoms with van der Waals surface area (Å²) in [5.74, 6) is -0.699. The van der Waals surface area contributed by atoms with Crippen LogP contribution in [0.4, 0.5) is 18.0 Å². The molecule has 130 valence electrons. The van der Waals surface area contributed by atoms with E-state index < -0.39 is 24.7 Å². The molecule has 1 aromatic heterocycles. The van der Waals surface area contributed by atoms with Crippen LogP contribution in [-0.2, 0) is 4.79 Å².